The number of likely N-dealkylation sites (tertiary alicyclic amines) is 1. The average Bonchev–Trinajstić information content (AvgIpc) is 3.15. The van der Waals surface area contributed by atoms with Crippen molar-refractivity contribution in [2.24, 2.45) is 0 Å². The summed E-state index contributed by atoms with van der Waals surface area (Å²) in [5.41, 5.74) is 0. The summed E-state index contributed by atoms with van der Waals surface area (Å²) in [7, 11) is 1.85. The van der Waals surface area contributed by atoms with E-state index in [-0.39, 0.29) is 6.03 Å². The maximum atomic E-state index is 12.1. The van der Waals surface area contributed by atoms with E-state index in [0.717, 1.165) is 32.6 Å². The lowest BCUT2D eigenvalue weighted by molar-refractivity contribution is 0.184. The van der Waals surface area contributed by atoms with Crippen LogP contribution in [0.4, 0.5) is 4.79 Å². The van der Waals surface area contributed by atoms with Crippen LogP contribution in [-0.4, -0.2) is 64.4 Å². The van der Waals surface area contributed by atoms with Gasteiger partial charge in [-0.05, 0) is 45.7 Å². The molecule has 6 nitrogen and oxygen atoms in total. The van der Waals surface area contributed by atoms with Gasteiger partial charge in [0.05, 0.1) is 0 Å². The number of rotatable bonds is 7. The summed E-state index contributed by atoms with van der Waals surface area (Å²) in [6.07, 6.45) is 7.05. The predicted octanol–water partition coefficient (Wildman–Crippen LogP) is 1.79. The molecule has 0 bridgehead atoms. The quantitative estimate of drug-likeness (QED) is 0.835. The Morgan fingerprint density at radius 3 is 3.00 bits per heavy atom. The molecular formula is C16H29N5O. The number of aromatic nitrogens is 2. The molecule has 2 rings (SSSR count). The number of hydrogen-bond donors (Lipinski definition) is 1. The maximum Gasteiger partial charge on any atom is 0.317 e. The van der Waals surface area contributed by atoms with Crippen molar-refractivity contribution in [3.63, 3.8) is 0 Å². The predicted molar refractivity (Wildman–Crippen MR) is 87.7 cm³/mol. The van der Waals surface area contributed by atoms with Crippen molar-refractivity contribution in [2.75, 3.05) is 26.7 Å². The highest BCUT2D eigenvalue weighted by molar-refractivity contribution is 5.73. The fraction of sp³-hybridized carbons (Fsp3) is 0.750. The summed E-state index contributed by atoms with van der Waals surface area (Å²) in [6.45, 7) is 7.93. The van der Waals surface area contributed by atoms with Gasteiger partial charge in [-0.2, -0.15) is 5.10 Å². The molecule has 1 fully saturated rings. The highest BCUT2D eigenvalue weighted by Crippen LogP contribution is 2.19. The van der Waals surface area contributed by atoms with Gasteiger partial charge in [-0.3, -0.25) is 9.58 Å². The zero-order chi connectivity index (χ0) is 15.9. The van der Waals surface area contributed by atoms with Gasteiger partial charge < -0.3 is 10.2 Å². The van der Waals surface area contributed by atoms with E-state index < -0.39 is 0 Å². The molecule has 1 aromatic rings. The molecule has 1 N–H and O–H groups in total. The molecule has 2 amide bonds. The van der Waals surface area contributed by atoms with E-state index in [1.807, 2.05) is 24.0 Å². The third-order valence-corrected chi connectivity index (χ3v) is 4.36. The third kappa shape index (κ3) is 4.73. The lowest BCUT2D eigenvalue weighted by atomic mass is 10.2. The molecule has 0 unspecified atom stereocenters. The van der Waals surface area contributed by atoms with Gasteiger partial charge in [0.2, 0.25) is 0 Å². The van der Waals surface area contributed by atoms with Crippen molar-refractivity contribution in [2.45, 2.75) is 51.7 Å². The minimum atomic E-state index is 0.0241. The van der Waals surface area contributed by atoms with Gasteiger partial charge >= 0.3 is 6.03 Å². The Bertz CT molecular complexity index is 445. The van der Waals surface area contributed by atoms with Crippen molar-refractivity contribution < 1.29 is 4.79 Å². The normalized spacial score (nSPS) is 18.8. The Morgan fingerprint density at radius 1 is 1.50 bits per heavy atom. The minimum Gasteiger partial charge on any atom is -0.336 e. The number of carbonyl (C=O) groups is 1. The first-order valence-corrected chi connectivity index (χ1v) is 8.30. The number of nitrogens with one attached hydrogen (secondary N) is 1. The van der Waals surface area contributed by atoms with Crippen molar-refractivity contribution in [3.05, 3.63) is 18.5 Å². The number of nitrogens with zero attached hydrogens (tertiary/aromatic N) is 4. The van der Waals surface area contributed by atoms with Crippen molar-refractivity contribution in [3.8, 4) is 0 Å². The van der Waals surface area contributed by atoms with E-state index in [9.17, 15) is 4.79 Å². The van der Waals surface area contributed by atoms with Gasteiger partial charge in [0.15, 0.2) is 0 Å². The highest BCUT2D eigenvalue weighted by atomic mass is 16.2. The van der Waals surface area contributed by atoms with Crippen LogP contribution in [0.5, 0.6) is 0 Å². The summed E-state index contributed by atoms with van der Waals surface area (Å²) in [6, 6.07) is 2.98. The molecule has 0 aromatic carbocycles. The molecule has 0 radical (unpaired) electrons. The minimum absolute atomic E-state index is 0.0241. The Kier molecular flexibility index (Phi) is 6.24. The van der Waals surface area contributed by atoms with Crippen LogP contribution in [0.15, 0.2) is 18.5 Å². The molecule has 2 heterocycles. The van der Waals surface area contributed by atoms with Crippen LogP contribution in [0.25, 0.3) is 0 Å². The smallest absolute Gasteiger partial charge is 0.317 e. The SMILES string of the molecule is CC(C)N1CCC[C@H]1CNC(=O)N(C)CCCn1cccn1. The second-order valence-electron chi connectivity index (χ2n) is 6.36. The first kappa shape index (κ1) is 16.8. The lowest BCUT2D eigenvalue weighted by Crippen LogP contribution is -2.46. The number of carbonyl (C=O) groups excluding carboxylic acids is 1. The van der Waals surface area contributed by atoms with Crippen LogP contribution in [0.3, 0.4) is 0 Å². The van der Waals surface area contributed by atoms with E-state index in [1.54, 1.807) is 11.1 Å². The summed E-state index contributed by atoms with van der Waals surface area (Å²) < 4.78 is 1.89. The Hall–Kier alpha value is -1.56. The Labute approximate surface area is 133 Å². The largest absolute Gasteiger partial charge is 0.336 e. The number of urea groups is 1. The summed E-state index contributed by atoms with van der Waals surface area (Å²) in [4.78, 5) is 16.4. The van der Waals surface area contributed by atoms with Crippen molar-refractivity contribution in [1.29, 1.82) is 0 Å². The Balaban J connectivity index is 1.65. The van der Waals surface area contributed by atoms with Gasteiger partial charge in [-0.15, -0.1) is 0 Å². The van der Waals surface area contributed by atoms with Crippen LogP contribution < -0.4 is 5.32 Å². The summed E-state index contributed by atoms with van der Waals surface area (Å²) >= 11 is 0. The molecule has 22 heavy (non-hydrogen) atoms. The van der Waals surface area contributed by atoms with Crippen LogP contribution in [0.1, 0.15) is 33.1 Å². The molecule has 0 saturated carbocycles. The molecule has 1 aliphatic heterocycles. The molecular weight excluding hydrogens is 278 g/mol. The molecule has 1 aliphatic rings. The average molecular weight is 307 g/mol. The second kappa shape index (κ2) is 8.17. The zero-order valence-corrected chi connectivity index (χ0v) is 14.0. The third-order valence-electron chi connectivity index (χ3n) is 4.36. The van der Waals surface area contributed by atoms with E-state index in [2.05, 4.69) is 29.2 Å². The maximum absolute atomic E-state index is 12.1. The number of hydrogen-bond acceptors (Lipinski definition) is 3. The van der Waals surface area contributed by atoms with Crippen LogP contribution in [0, 0.1) is 0 Å². The Morgan fingerprint density at radius 2 is 2.32 bits per heavy atom. The molecule has 1 saturated heterocycles. The molecule has 1 aromatic heterocycles. The van der Waals surface area contributed by atoms with E-state index in [0.29, 0.717) is 12.1 Å². The summed E-state index contributed by atoms with van der Waals surface area (Å²) in [5, 5.41) is 7.24. The molecule has 124 valence electrons. The lowest BCUT2D eigenvalue weighted by Gasteiger charge is -2.29. The van der Waals surface area contributed by atoms with Crippen LogP contribution in [-0.2, 0) is 6.54 Å². The standard InChI is InChI=1S/C16H29N5O/c1-14(2)21-12-4-7-15(21)13-17-16(22)19(3)9-6-11-20-10-5-8-18-20/h5,8,10,14-15H,4,6-7,9,11-13H2,1-3H3,(H,17,22)/t15-/m0/s1. The molecule has 0 aliphatic carbocycles. The topological polar surface area (TPSA) is 53.4 Å². The number of aryl methyl sites for hydroxylation is 1. The van der Waals surface area contributed by atoms with E-state index >= 15 is 0 Å². The fourth-order valence-corrected chi connectivity index (χ4v) is 3.10. The van der Waals surface area contributed by atoms with Gasteiger partial charge in [-0.25, -0.2) is 4.79 Å². The summed E-state index contributed by atoms with van der Waals surface area (Å²) in [5.74, 6) is 0. The number of amides is 2. The van der Waals surface area contributed by atoms with Crippen molar-refractivity contribution >= 4 is 6.03 Å². The van der Waals surface area contributed by atoms with Crippen LogP contribution in [0.2, 0.25) is 0 Å². The van der Waals surface area contributed by atoms with Gasteiger partial charge in [0.25, 0.3) is 0 Å². The molecule has 0 spiro atoms. The van der Waals surface area contributed by atoms with E-state index in [4.69, 9.17) is 0 Å². The van der Waals surface area contributed by atoms with Crippen LogP contribution >= 0.6 is 0 Å². The molecule has 6 heteroatoms. The van der Waals surface area contributed by atoms with Gasteiger partial charge in [-0.1, -0.05) is 0 Å². The molecule has 1 atom stereocenters. The van der Waals surface area contributed by atoms with E-state index in [1.165, 1.54) is 12.8 Å². The van der Waals surface area contributed by atoms with Gasteiger partial charge in [0, 0.05) is 51.2 Å². The zero-order valence-electron chi connectivity index (χ0n) is 14.0. The van der Waals surface area contributed by atoms with Crippen molar-refractivity contribution in [1.82, 2.24) is 24.9 Å². The van der Waals surface area contributed by atoms with Gasteiger partial charge in [0.1, 0.15) is 0 Å². The highest BCUT2D eigenvalue weighted by Gasteiger charge is 2.26. The first-order chi connectivity index (χ1) is 10.6. The monoisotopic (exact) mass is 307 g/mol. The first-order valence-electron chi connectivity index (χ1n) is 8.30. The second-order valence-corrected chi connectivity index (χ2v) is 6.36. The fourth-order valence-electron chi connectivity index (χ4n) is 3.10.